The van der Waals surface area contributed by atoms with Gasteiger partial charge in [-0.05, 0) is 42.5 Å². The van der Waals surface area contributed by atoms with Gasteiger partial charge < -0.3 is 20.5 Å². The molecule has 27 heavy (non-hydrogen) atoms. The molecule has 1 aromatic heterocycles. The summed E-state index contributed by atoms with van der Waals surface area (Å²) in [6, 6.07) is 5.66. The van der Waals surface area contributed by atoms with Crippen LogP contribution in [-0.4, -0.2) is 42.7 Å². The molecule has 2 amide bonds. The molecule has 2 rings (SSSR count). The normalized spacial score (nSPS) is 11.7. The van der Waals surface area contributed by atoms with Crippen molar-refractivity contribution in [3.8, 4) is 5.75 Å². The number of aliphatic hydroxyl groups excluding tert-OH is 1. The molecule has 2 aromatic rings. The number of benzene rings is 1. The Morgan fingerprint density at radius 3 is 2.78 bits per heavy atom. The highest BCUT2D eigenvalue weighted by atomic mass is 35.5. The Morgan fingerprint density at radius 2 is 2.11 bits per heavy atom. The van der Waals surface area contributed by atoms with E-state index in [1.165, 1.54) is 23.5 Å². The molecule has 9 heteroatoms. The number of carbonyl (C=O) groups excluding carboxylic acids is 2. The highest BCUT2D eigenvalue weighted by molar-refractivity contribution is 7.12. The molecule has 0 fully saturated rings. The van der Waals surface area contributed by atoms with E-state index in [2.05, 4.69) is 10.6 Å². The Kier molecular flexibility index (Phi) is 8.02. The Balaban J connectivity index is 1.61. The number of thiophene rings is 1. The van der Waals surface area contributed by atoms with Crippen LogP contribution in [0.25, 0.3) is 0 Å². The molecular weight excluding hydrogens is 395 g/mol. The number of aliphatic hydroxyl groups is 1. The highest BCUT2D eigenvalue weighted by Gasteiger charge is 2.11. The average molecular weight is 415 g/mol. The first-order valence-electron chi connectivity index (χ1n) is 8.21. The Labute approximate surface area is 165 Å². The van der Waals surface area contributed by atoms with E-state index in [1.807, 2.05) is 12.3 Å². The van der Waals surface area contributed by atoms with Gasteiger partial charge in [0.2, 0.25) is 0 Å². The number of ether oxygens (including phenoxy) is 1. The summed E-state index contributed by atoms with van der Waals surface area (Å²) in [6.07, 6.45) is -0.521. The SMILES string of the molecule is Cc1csc(C(=O)NCCC(O)CNC(=O)COc2ccc(Cl)c(F)c2)c1. The third-order valence-corrected chi connectivity index (χ3v) is 4.87. The lowest BCUT2D eigenvalue weighted by atomic mass is 10.2. The summed E-state index contributed by atoms with van der Waals surface area (Å²) in [5, 5.41) is 16.9. The lowest BCUT2D eigenvalue weighted by Gasteiger charge is -2.13. The van der Waals surface area contributed by atoms with Crippen molar-refractivity contribution >= 4 is 34.8 Å². The zero-order valence-electron chi connectivity index (χ0n) is 14.6. The standard InChI is InChI=1S/C18H20ClFN2O4S/c1-11-6-16(27-10-11)18(25)21-5-4-12(23)8-22-17(24)9-26-13-2-3-14(19)15(20)7-13/h2-3,6-7,10,12,23H,4-5,8-9H2,1H3,(H,21,25)(H,22,24). The second kappa shape index (κ2) is 10.2. The lowest BCUT2D eigenvalue weighted by molar-refractivity contribution is -0.123. The van der Waals surface area contributed by atoms with E-state index < -0.39 is 17.8 Å². The molecule has 3 N–H and O–H groups in total. The summed E-state index contributed by atoms with van der Waals surface area (Å²) < 4.78 is 18.4. The largest absolute Gasteiger partial charge is 0.484 e. The van der Waals surface area contributed by atoms with Crippen LogP contribution in [0.5, 0.6) is 5.75 Å². The maximum Gasteiger partial charge on any atom is 0.261 e. The Morgan fingerprint density at radius 1 is 1.33 bits per heavy atom. The van der Waals surface area contributed by atoms with Crippen molar-refractivity contribution in [1.82, 2.24) is 10.6 Å². The average Bonchev–Trinajstić information content (AvgIpc) is 3.07. The Hall–Kier alpha value is -2.16. The first-order valence-corrected chi connectivity index (χ1v) is 9.47. The molecule has 0 aliphatic heterocycles. The van der Waals surface area contributed by atoms with Crippen molar-refractivity contribution in [3.63, 3.8) is 0 Å². The van der Waals surface area contributed by atoms with E-state index in [-0.39, 0.29) is 36.4 Å². The molecule has 0 radical (unpaired) electrons. The fraction of sp³-hybridized carbons (Fsp3) is 0.333. The topological polar surface area (TPSA) is 87.7 Å². The second-order valence-corrected chi connectivity index (χ2v) is 7.17. The quantitative estimate of drug-likeness (QED) is 0.588. The molecule has 1 atom stereocenters. The number of hydrogen-bond donors (Lipinski definition) is 3. The van der Waals surface area contributed by atoms with Gasteiger partial charge in [0.05, 0.1) is 16.0 Å². The van der Waals surface area contributed by atoms with Gasteiger partial charge in [-0.1, -0.05) is 11.6 Å². The first kappa shape index (κ1) is 21.1. The van der Waals surface area contributed by atoms with E-state index >= 15 is 0 Å². The summed E-state index contributed by atoms with van der Waals surface area (Å²) in [5.74, 6) is -1.10. The highest BCUT2D eigenvalue weighted by Crippen LogP contribution is 2.20. The molecule has 0 saturated heterocycles. The Bertz CT molecular complexity index is 799. The molecule has 1 unspecified atom stereocenters. The maximum absolute atomic E-state index is 13.3. The predicted molar refractivity (Wildman–Crippen MR) is 102 cm³/mol. The van der Waals surface area contributed by atoms with Crippen molar-refractivity contribution in [3.05, 3.63) is 50.9 Å². The van der Waals surface area contributed by atoms with Crippen LogP contribution in [0.3, 0.4) is 0 Å². The predicted octanol–water partition coefficient (Wildman–Crippen LogP) is 2.53. The number of rotatable bonds is 9. The zero-order valence-corrected chi connectivity index (χ0v) is 16.2. The van der Waals surface area contributed by atoms with Crippen LogP contribution >= 0.6 is 22.9 Å². The maximum atomic E-state index is 13.3. The monoisotopic (exact) mass is 414 g/mol. The van der Waals surface area contributed by atoms with E-state index in [4.69, 9.17) is 16.3 Å². The van der Waals surface area contributed by atoms with Crippen LogP contribution < -0.4 is 15.4 Å². The van der Waals surface area contributed by atoms with Crippen LogP contribution in [0.15, 0.2) is 29.6 Å². The number of aryl methyl sites for hydroxylation is 1. The van der Waals surface area contributed by atoms with E-state index in [0.717, 1.165) is 11.6 Å². The molecule has 0 spiro atoms. The van der Waals surface area contributed by atoms with E-state index in [9.17, 15) is 19.1 Å². The fourth-order valence-electron chi connectivity index (χ4n) is 2.09. The van der Waals surface area contributed by atoms with Crippen molar-refractivity contribution in [2.75, 3.05) is 19.7 Å². The molecule has 146 valence electrons. The summed E-state index contributed by atoms with van der Waals surface area (Å²) in [6.45, 7) is 1.90. The van der Waals surface area contributed by atoms with Gasteiger partial charge in [0.1, 0.15) is 11.6 Å². The van der Waals surface area contributed by atoms with Gasteiger partial charge >= 0.3 is 0 Å². The minimum absolute atomic E-state index is 0.0190. The number of carbonyl (C=O) groups is 2. The molecule has 0 bridgehead atoms. The molecular formula is C18H20ClFN2O4S. The van der Waals surface area contributed by atoms with Crippen molar-refractivity contribution < 1.29 is 23.8 Å². The van der Waals surface area contributed by atoms with Gasteiger partial charge in [-0.3, -0.25) is 9.59 Å². The van der Waals surface area contributed by atoms with E-state index in [0.29, 0.717) is 11.3 Å². The van der Waals surface area contributed by atoms with Gasteiger partial charge in [-0.25, -0.2) is 4.39 Å². The summed E-state index contributed by atoms with van der Waals surface area (Å²) in [7, 11) is 0. The van der Waals surface area contributed by atoms with Gasteiger partial charge in [0.25, 0.3) is 11.8 Å². The fourth-order valence-corrected chi connectivity index (χ4v) is 3.02. The van der Waals surface area contributed by atoms with Crippen molar-refractivity contribution in [1.29, 1.82) is 0 Å². The van der Waals surface area contributed by atoms with Gasteiger partial charge in [0, 0.05) is 19.2 Å². The number of halogens is 2. The second-order valence-electron chi connectivity index (χ2n) is 5.86. The lowest BCUT2D eigenvalue weighted by Crippen LogP contribution is -2.37. The summed E-state index contributed by atoms with van der Waals surface area (Å²) >= 11 is 6.92. The number of amides is 2. The third kappa shape index (κ3) is 7.16. The molecule has 0 aliphatic rings. The molecule has 0 saturated carbocycles. The number of nitrogens with one attached hydrogen (secondary N) is 2. The smallest absolute Gasteiger partial charge is 0.261 e. The summed E-state index contributed by atoms with van der Waals surface area (Å²) in [4.78, 5) is 24.2. The van der Waals surface area contributed by atoms with E-state index in [1.54, 1.807) is 6.07 Å². The van der Waals surface area contributed by atoms with Crippen molar-refractivity contribution in [2.24, 2.45) is 0 Å². The van der Waals surface area contributed by atoms with Crippen LogP contribution in [-0.2, 0) is 4.79 Å². The van der Waals surface area contributed by atoms with Gasteiger partial charge in [-0.2, -0.15) is 0 Å². The zero-order chi connectivity index (χ0) is 19.8. The van der Waals surface area contributed by atoms with Crippen LogP contribution in [0.1, 0.15) is 21.7 Å². The third-order valence-electron chi connectivity index (χ3n) is 3.51. The molecule has 1 heterocycles. The van der Waals surface area contributed by atoms with Crippen molar-refractivity contribution in [2.45, 2.75) is 19.4 Å². The van der Waals surface area contributed by atoms with Gasteiger partial charge in [-0.15, -0.1) is 11.3 Å². The molecule has 6 nitrogen and oxygen atoms in total. The number of hydrogen-bond acceptors (Lipinski definition) is 5. The molecule has 1 aromatic carbocycles. The van der Waals surface area contributed by atoms with Crippen LogP contribution in [0.2, 0.25) is 5.02 Å². The first-order chi connectivity index (χ1) is 12.8. The minimum atomic E-state index is -0.813. The molecule has 0 aliphatic carbocycles. The van der Waals surface area contributed by atoms with Crippen LogP contribution in [0.4, 0.5) is 4.39 Å². The van der Waals surface area contributed by atoms with Crippen LogP contribution in [0, 0.1) is 12.7 Å². The van der Waals surface area contributed by atoms with Gasteiger partial charge in [0.15, 0.2) is 6.61 Å². The summed E-state index contributed by atoms with van der Waals surface area (Å²) in [5.41, 5.74) is 1.02. The minimum Gasteiger partial charge on any atom is -0.484 e.